The number of ether oxygens (including phenoxy) is 1. The number of hydrogen-bond acceptors (Lipinski definition) is 3. The van der Waals surface area contributed by atoms with Crippen molar-refractivity contribution in [3.05, 3.63) is 52.0 Å². The first kappa shape index (κ1) is 18.5. The van der Waals surface area contributed by atoms with E-state index < -0.39 is 5.92 Å². The monoisotopic (exact) mass is 416 g/mol. The van der Waals surface area contributed by atoms with Crippen molar-refractivity contribution in [3.63, 3.8) is 0 Å². The van der Waals surface area contributed by atoms with E-state index >= 15 is 0 Å². The average molecular weight is 417 g/mol. The Balaban J connectivity index is 1.77. The molecule has 26 heavy (non-hydrogen) atoms. The highest BCUT2D eigenvalue weighted by Gasteiger charge is 2.36. The molecule has 0 spiro atoms. The maximum absolute atomic E-state index is 12.7. The van der Waals surface area contributed by atoms with Crippen molar-refractivity contribution in [2.24, 2.45) is 5.92 Å². The number of carbonyl (C=O) groups is 2. The van der Waals surface area contributed by atoms with Crippen LogP contribution in [-0.4, -0.2) is 25.5 Å². The van der Waals surface area contributed by atoms with Crippen LogP contribution in [0.4, 0.5) is 11.4 Å². The zero-order valence-electron chi connectivity index (χ0n) is 15.0. The smallest absolute Gasteiger partial charge is 0.229 e. The minimum absolute atomic E-state index is 0.0680. The van der Waals surface area contributed by atoms with Gasteiger partial charge in [0.2, 0.25) is 11.8 Å². The van der Waals surface area contributed by atoms with Gasteiger partial charge in [0.25, 0.3) is 0 Å². The van der Waals surface area contributed by atoms with E-state index in [1.165, 1.54) is 0 Å². The summed E-state index contributed by atoms with van der Waals surface area (Å²) in [7, 11) is 1.58. The number of anilines is 2. The lowest BCUT2D eigenvalue weighted by molar-refractivity contribution is -0.122. The zero-order valence-corrected chi connectivity index (χ0v) is 16.6. The zero-order chi connectivity index (χ0) is 18.8. The molecule has 1 unspecified atom stereocenters. The SMILES string of the molecule is COc1ccc(C)cc1N1CC(C(=O)Nc2ccc(Br)cc2C)CC1=O. The molecule has 0 aromatic heterocycles. The number of carbonyl (C=O) groups excluding carboxylic acids is 2. The Labute approximate surface area is 161 Å². The number of halogens is 1. The molecular formula is C20H21BrN2O3. The van der Waals surface area contributed by atoms with Crippen LogP contribution < -0.4 is 15.0 Å². The van der Waals surface area contributed by atoms with Gasteiger partial charge in [0, 0.05) is 23.1 Å². The summed E-state index contributed by atoms with van der Waals surface area (Å²) in [5, 5.41) is 2.94. The number of benzene rings is 2. The van der Waals surface area contributed by atoms with Gasteiger partial charge in [-0.25, -0.2) is 0 Å². The van der Waals surface area contributed by atoms with Crippen LogP contribution in [0, 0.1) is 19.8 Å². The lowest BCUT2D eigenvalue weighted by Gasteiger charge is -2.20. The summed E-state index contributed by atoms with van der Waals surface area (Å²) in [4.78, 5) is 26.8. The molecule has 3 rings (SSSR count). The third-order valence-corrected chi connectivity index (χ3v) is 5.06. The molecule has 2 aromatic carbocycles. The highest BCUT2D eigenvalue weighted by molar-refractivity contribution is 9.10. The van der Waals surface area contributed by atoms with E-state index in [4.69, 9.17) is 4.74 Å². The lowest BCUT2D eigenvalue weighted by atomic mass is 10.1. The Morgan fingerprint density at radius 3 is 2.69 bits per heavy atom. The molecule has 1 aliphatic heterocycles. The van der Waals surface area contributed by atoms with E-state index in [0.29, 0.717) is 18.0 Å². The summed E-state index contributed by atoms with van der Waals surface area (Å²) >= 11 is 3.41. The molecule has 1 fully saturated rings. The van der Waals surface area contributed by atoms with Crippen molar-refractivity contribution in [2.45, 2.75) is 20.3 Å². The highest BCUT2D eigenvalue weighted by Crippen LogP contribution is 2.34. The molecular weight excluding hydrogens is 396 g/mol. The largest absolute Gasteiger partial charge is 0.495 e. The second-order valence-corrected chi connectivity index (χ2v) is 7.44. The van der Waals surface area contributed by atoms with Crippen molar-refractivity contribution in [1.82, 2.24) is 0 Å². The fourth-order valence-corrected chi connectivity index (χ4v) is 3.60. The van der Waals surface area contributed by atoms with Crippen LogP contribution in [0.15, 0.2) is 40.9 Å². The second kappa shape index (κ2) is 7.50. The number of nitrogens with one attached hydrogen (secondary N) is 1. The van der Waals surface area contributed by atoms with Crippen molar-refractivity contribution in [2.75, 3.05) is 23.9 Å². The number of rotatable bonds is 4. The molecule has 5 nitrogen and oxygen atoms in total. The first-order chi connectivity index (χ1) is 12.4. The summed E-state index contributed by atoms with van der Waals surface area (Å²) in [6.45, 7) is 4.24. The van der Waals surface area contributed by atoms with Gasteiger partial charge in [-0.15, -0.1) is 0 Å². The fourth-order valence-electron chi connectivity index (χ4n) is 3.13. The minimum atomic E-state index is -0.393. The van der Waals surface area contributed by atoms with E-state index in [2.05, 4.69) is 21.2 Å². The van der Waals surface area contributed by atoms with Gasteiger partial charge < -0.3 is 15.0 Å². The Hall–Kier alpha value is -2.34. The number of aryl methyl sites for hydroxylation is 2. The molecule has 6 heteroatoms. The van der Waals surface area contributed by atoms with E-state index in [0.717, 1.165) is 21.3 Å². The van der Waals surface area contributed by atoms with Crippen molar-refractivity contribution < 1.29 is 14.3 Å². The normalized spacial score (nSPS) is 16.7. The molecule has 1 heterocycles. The molecule has 0 aliphatic carbocycles. The molecule has 0 saturated carbocycles. The quantitative estimate of drug-likeness (QED) is 0.816. The minimum Gasteiger partial charge on any atom is -0.495 e. The van der Waals surface area contributed by atoms with Crippen LogP contribution in [0.5, 0.6) is 5.75 Å². The molecule has 0 bridgehead atoms. The van der Waals surface area contributed by atoms with Gasteiger partial charge in [0.05, 0.1) is 18.7 Å². The maximum Gasteiger partial charge on any atom is 0.229 e. The van der Waals surface area contributed by atoms with Gasteiger partial charge >= 0.3 is 0 Å². The van der Waals surface area contributed by atoms with Crippen molar-refractivity contribution in [1.29, 1.82) is 0 Å². The van der Waals surface area contributed by atoms with Crippen LogP contribution in [0.2, 0.25) is 0 Å². The third-order valence-electron chi connectivity index (χ3n) is 4.57. The van der Waals surface area contributed by atoms with E-state index in [1.807, 2.05) is 50.2 Å². The third kappa shape index (κ3) is 3.75. The average Bonchev–Trinajstić information content (AvgIpc) is 2.99. The Morgan fingerprint density at radius 2 is 2.00 bits per heavy atom. The highest BCUT2D eigenvalue weighted by atomic mass is 79.9. The summed E-state index contributed by atoms with van der Waals surface area (Å²) in [5.41, 5.74) is 3.48. The summed E-state index contributed by atoms with van der Waals surface area (Å²) in [6.07, 6.45) is 0.193. The first-order valence-electron chi connectivity index (χ1n) is 8.41. The second-order valence-electron chi connectivity index (χ2n) is 6.53. The molecule has 1 N–H and O–H groups in total. The van der Waals surface area contributed by atoms with Crippen molar-refractivity contribution >= 4 is 39.1 Å². The molecule has 2 amide bonds. The van der Waals surface area contributed by atoms with Gasteiger partial charge in [-0.05, 0) is 55.3 Å². The van der Waals surface area contributed by atoms with Crippen LogP contribution >= 0.6 is 15.9 Å². The predicted molar refractivity (Wildman–Crippen MR) is 106 cm³/mol. The number of methoxy groups -OCH3 is 1. The van der Waals surface area contributed by atoms with Crippen LogP contribution in [-0.2, 0) is 9.59 Å². The lowest BCUT2D eigenvalue weighted by Crippen LogP contribution is -2.28. The van der Waals surface area contributed by atoms with E-state index in [9.17, 15) is 9.59 Å². The van der Waals surface area contributed by atoms with Gasteiger partial charge in [-0.3, -0.25) is 9.59 Å². The topological polar surface area (TPSA) is 58.6 Å². The van der Waals surface area contributed by atoms with E-state index in [-0.39, 0.29) is 18.2 Å². The van der Waals surface area contributed by atoms with Crippen LogP contribution in [0.25, 0.3) is 0 Å². The standard InChI is InChI=1S/C20H21BrN2O3/c1-12-4-7-18(26-3)17(8-12)23-11-14(10-19(23)24)20(25)22-16-6-5-15(21)9-13(16)2/h4-9,14H,10-11H2,1-3H3,(H,22,25). The summed E-state index contributed by atoms with van der Waals surface area (Å²) in [5.74, 6) is 0.0315. The van der Waals surface area contributed by atoms with Gasteiger partial charge in [0.15, 0.2) is 0 Å². The molecule has 136 valence electrons. The maximum atomic E-state index is 12.7. The number of nitrogens with zero attached hydrogens (tertiary/aromatic N) is 1. The predicted octanol–water partition coefficient (Wildman–Crippen LogP) is 4.07. The molecule has 1 saturated heterocycles. The van der Waals surface area contributed by atoms with Gasteiger partial charge in [-0.1, -0.05) is 22.0 Å². The van der Waals surface area contributed by atoms with Crippen LogP contribution in [0.3, 0.4) is 0 Å². The Bertz CT molecular complexity index is 866. The summed E-state index contributed by atoms with van der Waals surface area (Å²) < 4.78 is 6.34. The Kier molecular flexibility index (Phi) is 5.32. The Morgan fingerprint density at radius 1 is 1.23 bits per heavy atom. The molecule has 2 aromatic rings. The van der Waals surface area contributed by atoms with Gasteiger partial charge in [0.1, 0.15) is 5.75 Å². The van der Waals surface area contributed by atoms with Gasteiger partial charge in [-0.2, -0.15) is 0 Å². The molecule has 0 radical (unpaired) electrons. The number of amides is 2. The van der Waals surface area contributed by atoms with Crippen LogP contribution in [0.1, 0.15) is 17.5 Å². The fraction of sp³-hybridized carbons (Fsp3) is 0.300. The molecule has 1 atom stereocenters. The van der Waals surface area contributed by atoms with E-state index in [1.54, 1.807) is 12.0 Å². The first-order valence-corrected chi connectivity index (χ1v) is 9.20. The van der Waals surface area contributed by atoms with Crippen molar-refractivity contribution in [3.8, 4) is 5.75 Å². The number of hydrogen-bond donors (Lipinski definition) is 1. The summed E-state index contributed by atoms with van der Waals surface area (Å²) in [6, 6.07) is 11.4. The molecule has 1 aliphatic rings.